The van der Waals surface area contributed by atoms with E-state index < -0.39 is 5.95 Å². The summed E-state index contributed by atoms with van der Waals surface area (Å²) in [6.45, 7) is 2.00. The van der Waals surface area contributed by atoms with E-state index in [0.29, 0.717) is 11.5 Å². The van der Waals surface area contributed by atoms with Gasteiger partial charge in [0.05, 0.1) is 11.9 Å². The van der Waals surface area contributed by atoms with E-state index in [1.54, 1.807) is 35.4 Å². The fraction of sp³-hybridized carbons (Fsp3) is 0.143. The predicted octanol–water partition coefficient (Wildman–Crippen LogP) is 1.55. The maximum absolute atomic E-state index is 13.1. The molecule has 3 heterocycles. The Balaban J connectivity index is 1.67. The summed E-state index contributed by atoms with van der Waals surface area (Å²) < 4.78 is 16.1. The highest BCUT2D eigenvalue weighted by atomic mass is 19.1. The minimum Gasteiger partial charge on any atom is -0.308 e. The molecule has 0 aliphatic heterocycles. The summed E-state index contributed by atoms with van der Waals surface area (Å²) >= 11 is 0. The Bertz CT molecular complexity index is 809. The van der Waals surface area contributed by atoms with Crippen LogP contribution in [0.2, 0.25) is 0 Å². The molecule has 3 aromatic heterocycles. The Labute approximate surface area is 125 Å². The Morgan fingerprint density at radius 3 is 3.00 bits per heavy atom. The van der Waals surface area contributed by atoms with E-state index >= 15 is 0 Å². The molecule has 0 fully saturated rings. The fourth-order valence-corrected chi connectivity index (χ4v) is 1.95. The minimum atomic E-state index is -0.590. The molecule has 0 saturated heterocycles. The summed E-state index contributed by atoms with van der Waals surface area (Å²) in [6.07, 6.45) is 6.44. The number of rotatable bonds is 4. The van der Waals surface area contributed by atoms with Crippen LogP contribution in [0.3, 0.4) is 0 Å². The van der Waals surface area contributed by atoms with E-state index in [2.05, 4.69) is 20.5 Å². The van der Waals surface area contributed by atoms with Gasteiger partial charge in [-0.3, -0.25) is 9.48 Å². The topological polar surface area (TPSA) is 77.6 Å². The predicted molar refractivity (Wildman–Crippen MR) is 76.9 cm³/mol. The lowest BCUT2D eigenvalue weighted by Crippen LogP contribution is -2.19. The van der Waals surface area contributed by atoms with E-state index in [-0.39, 0.29) is 12.5 Å². The second-order valence-electron chi connectivity index (χ2n) is 4.75. The first-order valence-electron chi connectivity index (χ1n) is 6.57. The van der Waals surface area contributed by atoms with Gasteiger partial charge in [0.2, 0.25) is 11.9 Å². The third-order valence-corrected chi connectivity index (χ3v) is 2.90. The molecule has 3 rings (SSSR count). The van der Waals surface area contributed by atoms with Crippen LogP contribution in [0.4, 0.5) is 10.2 Å². The lowest BCUT2D eigenvalue weighted by Gasteiger charge is -2.03. The highest BCUT2D eigenvalue weighted by Crippen LogP contribution is 2.10. The molecule has 0 unspecified atom stereocenters. The van der Waals surface area contributed by atoms with Gasteiger partial charge < -0.3 is 5.32 Å². The third-order valence-electron chi connectivity index (χ3n) is 2.90. The van der Waals surface area contributed by atoms with Crippen molar-refractivity contribution in [3.8, 4) is 5.69 Å². The molecule has 0 aromatic carbocycles. The van der Waals surface area contributed by atoms with E-state index in [4.69, 9.17) is 0 Å². The number of nitrogens with one attached hydrogen (secondary N) is 1. The van der Waals surface area contributed by atoms with Crippen LogP contribution < -0.4 is 5.32 Å². The summed E-state index contributed by atoms with van der Waals surface area (Å²) in [5, 5.41) is 10.9. The number of hydrogen-bond acceptors (Lipinski definition) is 4. The third kappa shape index (κ3) is 3.17. The quantitative estimate of drug-likeness (QED) is 0.742. The summed E-state index contributed by atoms with van der Waals surface area (Å²) in [7, 11) is 0. The molecule has 0 radical (unpaired) electrons. The molecule has 0 saturated carbocycles. The van der Waals surface area contributed by atoms with Crippen LogP contribution in [0.1, 0.15) is 5.56 Å². The van der Waals surface area contributed by atoms with E-state index in [1.807, 2.05) is 6.92 Å². The molecular formula is C14H13FN6O. The van der Waals surface area contributed by atoms with Crippen LogP contribution in [0.15, 0.2) is 43.0 Å². The van der Waals surface area contributed by atoms with Gasteiger partial charge in [-0.25, -0.2) is 9.67 Å². The van der Waals surface area contributed by atoms with Gasteiger partial charge in [0, 0.05) is 30.7 Å². The lowest BCUT2D eigenvalue weighted by atomic mass is 10.4. The lowest BCUT2D eigenvalue weighted by molar-refractivity contribution is -0.116. The van der Waals surface area contributed by atoms with Gasteiger partial charge in [0.15, 0.2) is 5.82 Å². The van der Waals surface area contributed by atoms with Crippen molar-refractivity contribution >= 4 is 11.7 Å². The number of halogens is 1. The van der Waals surface area contributed by atoms with Crippen LogP contribution in [0.5, 0.6) is 0 Å². The summed E-state index contributed by atoms with van der Waals surface area (Å²) in [6, 6.07) is 4.50. The summed E-state index contributed by atoms with van der Waals surface area (Å²) in [5.74, 6) is -0.451. The van der Waals surface area contributed by atoms with Crippen molar-refractivity contribution in [1.82, 2.24) is 24.5 Å². The van der Waals surface area contributed by atoms with Crippen molar-refractivity contribution in [2.24, 2.45) is 0 Å². The zero-order valence-electron chi connectivity index (χ0n) is 11.8. The molecule has 0 atom stereocenters. The van der Waals surface area contributed by atoms with Gasteiger partial charge in [-0.2, -0.15) is 14.6 Å². The van der Waals surface area contributed by atoms with E-state index in [1.165, 1.54) is 16.9 Å². The Morgan fingerprint density at radius 2 is 2.27 bits per heavy atom. The average molecular weight is 300 g/mol. The first kappa shape index (κ1) is 13.9. The van der Waals surface area contributed by atoms with Gasteiger partial charge in [0.25, 0.3) is 0 Å². The molecule has 0 aliphatic carbocycles. The van der Waals surface area contributed by atoms with Crippen LogP contribution in [-0.2, 0) is 11.3 Å². The van der Waals surface area contributed by atoms with Crippen molar-refractivity contribution in [3.05, 3.63) is 54.5 Å². The van der Waals surface area contributed by atoms with Gasteiger partial charge in [-0.15, -0.1) is 0 Å². The number of anilines is 1. The number of aryl methyl sites for hydroxylation is 1. The molecule has 3 aromatic rings. The number of pyridine rings is 1. The second kappa shape index (κ2) is 5.76. The van der Waals surface area contributed by atoms with Crippen molar-refractivity contribution in [2.45, 2.75) is 13.5 Å². The van der Waals surface area contributed by atoms with Gasteiger partial charge in [-0.1, -0.05) is 0 Å². The first-order chi connectivity index (χ1) is 10.6. The Morgan fingerprint density at radius 1 is 1.41 bits per heavy atom. The number of hydrogen-bond donors (Lipinski definition) is 1. The Kier molecular flexibility index (Phi) is 3.65. The molecule has 22 heavy (non-hydrogen) atoms. The van der Waals surface area contributed by atoms with Crippen LogP contribution in [-0.4, -0.2) is 30.5 Å². The van der Waals surface area contributed by atoms with Crippen LogP contribution in [0, 0.1) is 12.9 Å². The number of carbonyl (C=O) groups excluding carboxylic acids is 1. The van der Waals surface area contributed by atoms with Gasteiger partial charge in [0.1, 0.15) is 6.54 Å². The normalized spacial score (nSPS) is 10.6. The molecule has 0 spiro atoms. The van der Waals surface area contributed by atoms with Crippen LogP contribution in [0.25, 0.3) is 5.69 Å². The van der Waals surface area contributed by atoms with Crippen LogP contribution >= 0.6 is 0 Å². The second-order valence-corrected chi connectivity index (χ2v) is 4.75. The minimum absolute atomic E-state index is 0.102. The smallest absolute Gasteiger partial charge is 0.247 e. The fourth-order valence-electron chi connectivity index (χ4n) is 1.95. The zero-order chi connectivity index (χ0) is 15.5. The molecule has 112 valence electrons. The number of amides is 1. The van der Waals surface area contributed by atoms with Gasteiger partial charge >= 0.3 is 0 Å². The number of nitrogens with zero attached hydrogens (tertiary/aromatic N) is 5. The average Bonchev–Trinajstić information content (AvgIpc) is 3.08. The van der Waals surface area contributed by atoms with E-state index in [9.17, 15) is 9.18 Å². The van der Waals surface area contributed by atoms with E-state index in [0.717, 1.165) is 5.56 Å². The summed E-state index contributed by atoms with van der Waals surface area (Å²) in [5.41, 5.74) is 1.51. The standard InChI is InChI=1S/C14H13FN6O/c1-10-7-17-20(8-10)9-14(22)18-13-3-5-21(19-13)11-2-4-16-12(15)6-11/h2-8H,9H2,1H3,(H,18,19,22). The van der Waals surface area contributed by atoms with Crippen molar-refractivity contribution < 1.29 is 9.18 Å². The van der Waals surface area contributed by atoms with Crippen molar-refractivity contribution in [2.75, 3.05) is 5.32 Å². The molecule has 8 heteroatoms. The van der Waals surface area contributed by atoms with Gasteiger partial charge in [-0.05, 0) is 18.6 Å². The van der Waals surface area contributed by atoms with Crippen molar-refractivity contribution in [3.63, 3.8) is 0 Å². The molecule has 0 bridgehead atoms. The maximum Gasteiger partial charge on any atom is 0.247 e. The highest BCUT2D eigenvalue weighted by Gasteiger charge is 2.08. The molecule has 0 aliphatic rings. The number of aromatic nitrogens is 5. The molecule has 1 N–H and O–H groups in total. The van der Waals surface area contributed by atoms with Crippen molar-refractivity contribution in [1.29, 1.82) is 0 Å². The first-order valence-corrected chi connectivity index (χ1v) is 6.57. The molecular weight excluding hydrogens is 287 g/mol. The SMILES string of the molecule is Cc1cnn(CC(=O)Nc2ccn(-c3ccnc(F)c3)n2)c1. The zero-order valence-corrected chi connectivity index (χ0v) is 11.8. The highest BCUT2D eigenvalue weighted by molar-refractivity contribution is 5.89. The molecule has 7 nitrogen and oxygen atoms in total. The summed E-state index contributed by atoms with van der Waals surface area (Å²) in [4.78, 5) is 15.4. The monoisotopic (exact) mass is 300 g/mol. The Hall–Kier alpha value is -3.03. The largest absolute Gasteiger partial charge is 0.308 e. The maximum atomic E-state index is 13.1. The molecule has 1 amide bonds. The number of carbonyl (C=O) groups is 1.